The van der Waals surface area contributed by atoms with Gasteiger partial charge in [-0.3, -0.25) is 0 Å². The molecule has 0 aromatic heterocycles. The predicted molar refractivity (Wildman–Crippen MR) is 93.7 cm³/mol. The normalized spacial score (nSPS) is 23.1. The first-order valence-electron chi connectivity index (χ1n) is 9.03. The molecule has 1 aliphatic heterocycles. The molecule has 2 unspecified atom stereocenters. The molecule has 1 N–H and O–H groups in total. The molecule has 0 aliphatic carbocycles. The molecule has 0 aromatic rings. The van der Waals surface area contributed by atoms with E-state index in [2.05, 4.69) is 19.2 Å². The monoisotopic (exact) mass is 328 g/mol. The van der Waals surface area contributed by atoms with Crippen molar-refractivity contribution < 1.29 is 14.3 Å². The molecule has 1 heterocycles. The summed E-state index contributed by atoms with van der Waals surface area (Å²) in [4.78, 5) is 14.0. The van der Waals surface area contributed by atoms with Crippen LogP contribution in [0.25, 0.3) is 0 Å². The van der Waals surface area contributed by atoms with Crippen molar-refractivity contribution in [3.63, 3.8) is 0 Å². The van der Waals surface area contributed by atoms with Crippen LogP contribution in [-0.2, 0) is 9.47 Å². The lowest BCUT2D eigenvalue weighted by Gasteiger charge is -2.25. The maximum Gasteiger partial charge on any atom is 0.410 e. The van der Waals surface area contributed by atoms with Gasteiger partial charge in [0.1, 0.15) is 5.60 Å². The molecule has 136 valence electrons. The van der Waals surface area contributed by atoms with Gasteiger partial charge in [-0.05, 0) is 34.1 Å². The summed E-state index contributed by atoms with van der Waals surface area (Å²) in [5.74, 6) is 0. The average Bonchev–Trinajstić information content (AvgIpc) is 2.85. The zero-order valence-corrected chi connectivity index (χ0v) is 15.9. The highest BCUT2D eigenvalue weighted by atomic mass is 16.6. The summed E-state index contributed by atoms with van der Waals surface area (Å²) in [5.41, 5.74) is -0.461. The van der Waals surface area contributed by atoms with Gasteiger partial charge in [0.05, 0.1) is 18.7 Å². The number of hydrogen-bond donors (Lipinski definition) is 1. The Morgan fingerprint density at radius 3 is 2.52 bits per heavy atom. The maximum atomic E-state index is 12.2. The Kier molecular flexibility index (Phi) is 8.34. The van der Waals surface area contributed by atoms with Crippen molar-refractivity contribution in [3.8, 4) is 0 Å². The van der Waals surface area contributed by atoms with Gasteiger partial charge in [0.2, 0.25) is 0 Å². The molecule has 0 aromatic carbocycles. The lowest BCUT2D eigenvalue weighted by atomic mass is 10.1. The highest BCUT2D eigenvalue weighted by Crippen LogP contribution is 2.18. The van der Waals surface area contributed by atoms with E-state index in [0.29, 0.717) is 19.1 Å². The van der Waals surface area contributed by atoms with E-state index in [1.807, 2.05) is 20.8 Å². The molecule has 0 bridgehead atoms. The van der Waals surface area contributed by atoms with Crippen molar-refractivity contribution in [1.82, 2.24) is 10.2 Å². The fraction of sp³-hybridized carbons (Fsp3) is 0.944. The number of nitrogens with zero attached hydrogens (tertiary/aromatic N) is 1. The predicted octanol–water partition coefficient (Wildman–Crippen LogP) is 3.57. The Hall–Kier alpha value is -0.810. The largest absolute Gasteiger partial charge is 0.444 e. The van der Waals surface area contributed by atoms with Crippen LogP contribution in [-0.4, -0.2) is 55.0 Å². The number of likely N-dealkylation sites (tertiary alicyclic amines) is 1. The minimum absolute atomic E-state index is 0.0283. The molecule has 1 amide bonds. The number of carbonyl (C=O) groups is 1. The fourth-order valence-corrected chi connectivity index (χ4v) is 2.97. The van der Waals surface area contributed by atoms with Gasteiger partial charge in [-0.2, -0.15) is 0 Å². The lowest BCUT2D eigenvalue weighted by molar-refractivity contribution is 0.0252. The van der Waals surface area contributed by atoms with Gasteiger partial charge in [-0.25, -0.2) is 4.79 Å². The molecule has 0 saturated carbocycles. The summed E-state index contributed by atoms with van der Waals surface area (Å²) < 4.78 is 11.0. The zero-order valence-electron chi connectivity index (χ0n) is 15.9. The number of hydrogen-bond acceptors (Lipinski definition) is 4. The van der Waals surface area contributed by atoms with Crippen molar-refractivity contribution in [2.45, 2.75) is 90.5 Å². The van der Waals surface area contributed by atoms with E-state index in [9.17, 15) is 4.79 Å². The minimum atomic E-state index is -0.461. The molecular weight excluding hydrogens is 292 g/mol. The molecule has 1 aliphatic rings. The smallest absolute Gasteiger partial charge is 0.410 e. The van der Waals surface area contributed by atoms with Crippen molar-refractivity contribution in [3.05, 3.63) is 0 Å². The van der Waals surface area contributed by atoms with Crippen LogP contribution in [0.4, 0.5) is 4.79 Å². The van der Waals surface area contributed by atoms with E-state index in [4.69, 9.17) is 9.47 Å². The van der Waals surface area contributed by atoms with Crippen molar-refractivity contribution in [2.75, 3.05) is 20.2 Å². The van der Waals surface area contributed by atoms with Crippen LogP contribution >= 0.6 is 0 Å². The second-order valence-electron chi connectivity index (χ2n) is 7.68. The molecule has 3 atom stereocenters. The number of rotatable bonds is 8. The van der Waals surface area contributed by atoms with Crippen LogP contribution in [0, 0.1) is 0 Å². The van der Waals surface area contributed by atoms with Crippen molar-refractivity contribution in [2.24, 2.45) is 0 Å². The molecule has 23 heavy (non-hydrogen) atoms. The summed E-state index contributed by atoms with van der Waals surface area (Å²) in [5, 5.41) is 3.63. The van der Waals surface area contributed by atoms with Gasteiger partial charge >= 0.3 is 6.09 Å². The first kappa shape index (κ1) is 20.2. The third kappa shape index (κ3) is 7.53. The molecule has 0 radical (unpaired) electrons. The number of ether oxygens (including phenoxy) is 2. The summed E-state index contributed by atoms with van der Waals surface area (Å²) in [7, 11) is 1.71. The van der Waals surface area contributed by atoms with Gasteiger partial charge in [0, 0.05) is 19.7 Å². The molecule has 1 rings (SSSR count). The van der Waals surface area contributed by atoms with E-state index in [0.717, 1.165) is 0 Å². The number of methoxy groups -OCH3 is 1. The second-order valence-corrected chi connectivity index (χ2v) is 7.68. The SMILES string of the molecule is CCCCCCC(C)NC1CN(C(=O)OC(C)(C)C)C[C@@H]1OC. The van der Waals surface area contributed by atoms with Crippen LogP contribution in [0.15, 0.2) is 0 Å². The van der Waals surface area contributed by atoms with E-state index < -0.39 is 5.60 Å². The Labute approximate surface area is 142 Å². The van der Waals surface area contributed by atoms with Crippen LogP contribution in [0.5, 0.6) is 0 Å². The van der Waals surface area contributed by atoms with Gasteiger partial charge in [0.15, 0.2) is 0 Å². The number of amides is 1. The van der Waals surface area contributed by atoms with Gasteiger partial charge in [0.25, 0.3) is 0 Å². The Balaban J connectivity index is 2.44. The van der Waals surface area contributed by atoms with E-state index in [-0.39, 0.29) is 18.2 Å². The van der Waals surface area contributed by atoms with Crippen molar-refractivity contribution in [1.29, 1.82) is 0 Å². The van der Waals surface area contributed by atoms with E-state index in [1.54, 1.807) is 12.0 Å². The summed E-state index contributed by atoms with van der Waals surface area (Å²) >= 11 is 0. The van der Waals surface area contributed by atoms with Crippen LogP contribution in [0.2, 0.25) is 0 Å². The highest BCUT2D eigenvalue weighted by Gasteiger charge is 2.37. The van der Waals surface area contributed by atoms with Crippen LogP contribution in [0.1, 0.15) is 66.7 Å². The Bertz CT molecular complexity index is 355. The second kappa shape index (κ2) is 9.48. The summed E-state index contributed by atoms with van der Waals surface area (Å²) in [6.45, 7) is 11.4. The first-order valence-corrected chi connectivity index (χ1v) is 9.03. The minimum Gasteiger partial charge on any atom is -0.444 e. The third-order valence-electron chi connectivity index (χ3n) is 4.21. The van der Waals surface area contributed by atoms with Crippen LogP contribution in [0.3, 0.4) is 0 Å². The van der Waals surface area contributed by atoms with Crippen molar-refractivity contribution >= 4 is 6.09 Å². The van der Waals surface area contributed by atoms with Gasteiger partial charge in [-0.1, -0.05) is 32.6 Å². The number of unbranched alkanes of at least 4 members (excludes halogenated alkanes) is 3. The maximum absolute atomic E-state index is 12.2. The molecule has 5 heteroatoms. The fourth-order valence-electron chi connectivity index (χ4n) is 2.97. The Morgan fingerprint density at radius 1 is 1.26 bits per heavy atom. The summed E-state index contributed by atoms with van der Waals surface area (Å²) in [6, 6.07) is 0.613. The molecule has 1 saturated heterocycles. The summed E-state index contributed by atoms with van der Waals surface area (Å²) in [6.07, 6.45) is 6.07. The van der Waals surface area contributed by atoms with E-state index >= 15 is 0 Å². The topological polar surface area (TPSA) is 50.8 Å². The molecule has 0 spiro atoms. The van der Waals surface area contributed by atoms with Crippen LogP contribution < -0.4 is 5.32 Å². The zero-order chi connectivity index (χ0) is 17.5. The van der Waals surface area contributed by atoms with E-state index in [1.165, 1.54) is 32.1 Å². The molecular formula is C18H36N2O3. The Morgan fingerprint density at radius 2 is 1.96 bits per heavy atom. The third-order valence-corrected chi connectivity index (χ3v) is 4.21. The molecule has 1 fully saturated rings. The quantitative estimate of drug-likeness (QED) is 0.692. The number of nitrogens with one attached hydrogen (secondary N) is 1. The lowest BCUT2D eigenvalue weighted by Crippen LogP contribution is -2.45. The number of carbonyl (C=O) groups excluding carboxylic acids is 1. The molecule has 5 nitrogen and oxygen atoms in total. The first-order chi connectivity index (χ1) is 10.8. The van der Waals surface area contributed by atoms with Gasteiger partial charge in [-0.15, -0.1) is 0 Å². The van der Waals surface area contributed by atoms with Gasteiger partial charge < -0.3 is 19.7 Å². The highest BCUT2D eigenvalue weighted by molar-refractivity contribution is 5.68. The average molecular weight is 328 g/mol. The standard InChI is InChI=1S/C18H36N2O3/c1-7-8-9-10-11-14(2)19-15-12-20(13-16(15)22-6)17(21)23-18(3,4)5/h14-16,19H,7-13H2,1-6H3/t14?,15?,16-/m0/s1.